The molecule has 0 saturated carbocycles. The Morgan fingerprint density at radius 1 is 1.17 bits per heavy atom. The van der Waals surface area contributed by atoms with Crippen LogP contribution in [0.3, 0.4) is 0 Å². The summed E-state index contributed by atoms with van der Waals surface area (Å²) in [6.07, 6.45) is 0. The predicted octanol–water partition coefficient (Wildman–Crippen LogP) is 2.58. The van der Waals surface area contributed by atoms with E-state index < -0.39 is 0 Å². The van der Waals surface area contributed by atoms with Gasteiger partial charge in [-0.1, -0.05) is 48.2 Å². The van der Waals surface area contributed by atoms with E-state index in [1.54, 1.807) is 17.5 Å². The predicted molar refractivity (Wildman–Crippen MR) is 89.3 cm³/mol. The van der Waals surface area contributed by atoms with Crippen molar-refractivity contribution in [1.82, 2.24) is 20.5 Å². The molecule has 2 amide bonds. The lowest BCUT2D eigenvalue weighted by molar-refractivity contribution is -0.117. The van der Waals surface area contributed by atoms with Gasteiger partial charge in [0.25, 0.3) is 5.91 Å². The van der Waals surface area contributed by atoms with Gasteiger partial charge in [-0.2, -0.15) is 0 Å². The minimum atomic E-state index is -0.384. The number of rotatable bonds is 5. The second-order valence-electron chi connectivity index (χ2n) is 4.48. The minimum absolute atomic E-state index is 0.0726. The van der Waals surface area contributed by atoms with E-state index in [4.69, 9.17) is 0 Å². The third-order valence-corrected chi connectivity index (χ3v) is 4.56. The van der Waals surface area contributed by atoms with Gasteiger partial charge in [-0.05, 0) is 11.4 Å². The van der Waals surface area contributed by atoms with E-state index in [0.29, 0.717) is 15.9 Å². The molecule has 0 fully saturated rings. The van der Waals surface area contributed by atoms with Gasteiger partial charge >= 0.3 is 0 Å². The zero-order valence-corrected chi connectivity index (χ0v) is 13.5. The topological polar surface area (TPSA) is 87.7 Å². The van der Waals surface area contributed by atoms with E-state index in [2.05, 4.69) is 20.5 Å². The van der Waals surface area contributed by atoms with Gasteiger partial charge in [0.15, 0.2) is 5.82 Å². The van der Waals surface area contributed by atoms with Crippen molar-refractivity contribution < 1.29 is 9.59 Å². The van der Waals surface area contributed by atoms with Crippen LogP contribution in [0.15, 0.2) is 53.0 Å². The lowest BCUT2D eigenvalue weighted by atomic mass is 10.2. The number of nitrogens with one attached hydrogen (secondary N) is 2. The Hall–Kier alpha value is -2.45. The van der Waals surface area contributed by atoms with Crippen molar-refractivity contribution in [3.63, 3.8) is 0 Å². The van der Waals surface area contributed by atoms with Crippen LogP contribution in [-0.4, -0.2) is 32.7 Å². The molecule has 6 nitrogen and oxygen atoms in total. The second kappa shape index (κ2) is 7.21. The number of imide groups is 1. The monoisotopic (exact) mass is 344 g/mol. The molecule has 0 aliphatic rings. The molecule has 0 radical (unpaired) electrons. The van der Waals surface area contributed by atoms with Gasteiger partial charge in [0.1, 0.15) is 0 Å². The molecule has 1 aromatic carbocycles. The van der Waals surface area contributed by atoms with Gasteiger partial charge < -0.3 is 0 Å². The first-order chi connectivity index (χ1) is 11.2. The maximum absolute atomic E-state index is 11.8. The second-order valence-corrected chi connectivity index (χ2v) is 6.37. The van der Waals surface area contributed by atoms with E-state index >= 15 is 0 Å². The normalized spacial score (nSPS) is 10.4. The molecule has 0 aliphatic carbocycles. The summed E-state index contributed by atoms with van der Waals surface area (Å²) in [5.74, 6) is -0.0448. The third-order valence-electron chi connectivity index (χ3n) is 2.84. The van der Waals surface area contributed by atoms with Gasteiger partial charge in [-0.25, -0.2) is 4.98 Å². The average Bonchev–Trinajstić information content (AvgIpc) is 3.25. The molecule has 0 saturated heterocycles. The van der Waals surface area contributed by atoms with Crippen molar-refractivity contribution in [2.45, 2.75) is 5.16 Å². The van der Waals surface area contributed by atoms with E-state index in [9.17, 15) is 9.59 Å². The molecule has 116 valence electrons. The van der Waals surface area contributed by atoms with Crippen LogP contribution in [0.5, 0.6) is 0 Å². The molecule has 2 aromatic heterocycles. The summed E-state index contributed by atoms with van der Waals surface area (Å²) in [6, 6.07) is 13.0. The van der Waals surface area contributed by atoms with Crippen molar-refractivity contribution >= 4 is 34.9 Å². The highest BCUT2D eigenvalue weighted by molar-refractivity contribution is 7.99. The average molecular weight is 344 g/mol. The van der Waals surface area contributed by atoms with Crippen LogP contribution in [0.1, 0.15) is 9.67 Å². The van der Waals surface area contributed by atoms with Gasteiger partial charge in [0, 0.05) is 5.56 Å². The molecule has 0 aliphatic heterocycles. The van der Waals surface area contributed by atoms with Crippen LogP contribution in [-0.2, 0) is 4.79 Å². The summed E-state index contributed by atoms with van der Waals surface area (Å²) in [7, 11) is 0. The molecule has 8 heteroatoms. The van der Waals surface area contributed by atoms with Crippen LogP contribution < -0.4 is 5.32 Å². The number of H-pyrrole nitrogens is 1. The number of thiophene rings is 1. The number of hydrogen-bond donors (Lipinski definition) is 2. The molecule has 0 bridgehead atoms. The maximum atomic E-state index is 11.8. The summed E-state index contributed by atoms with van der Waals surface area (Å²) < 4.78 is 0. The number of carbonyl (C=O) groups is 2. The Kier molecular flexibility index (Phi) is 4.84. The number of nitrogens with zero attached hydrogens (tertiary/aromatic N) is 2. The fourth-order valence-corrected chi connectivity index (χ4v) is 3.02. The fourth-order valence-electron chi connectivity index (χ4n) is 1.80. The molecule has 0 atom stereocenters. The number of carbonyl (C=O) groups excluding carboxylic acids is 2. The van der Waals surface area contributed by atoms with Crippen LogP contribution in [0.4, 0.5) is 0 Å². The van der Waals surface area contributed by atoms with Gasteiger partial charge in [0.2, 0.25) is 11.1 Å². The summed E-state index contributed by atoms with van der Waals surface area (Å²) >= 11 is 2.46. The van der Waals surface area contributed by atoms with Crippen LogP contribution >= 0.6 is 23.1 Å². The Labute approximate surface area is 140 Å². The number of benzene rings is 1. The van der Waals surface area contributed by atoms with Crippen molar-refractivity contribution in [2.24, 2.45) is 0 Å². The Morgan fingerprint density at radius 2 is 2.00 bits per heavy atom. The van der Waals surface area contributed by atoms with E-state index in [0.717, 1.165) is 5.56 Å². The molecule has 0 spiro atoms. The number of aromatic nitrogens is 3. The zero-order chi connectivity index (χ0) is 16.1. The fraction of sp³-hybridized carbons (Fsp3) is 0.0667. The number of hydrogen-bond acceptors (Lipinski definition) is 6. The highest BCUT2D eigenvalue weighted by atomic mass is 32.2. The van der Waals surface area contributed by atoms with E-state index in [-0.39, 0.29) is 17.6 Å². The maximum Gasteiger partial charge on any atom is 0.267 e. The molecule has 2 heterocycles. The number of amides is 2. The summed E-state index contributed by atoms with van der Waals surface area (Å²) in [5, 5.41) is 11.5. The first-order valence-corrected chi connectivity index (χ1v) is 8.57. The lowest BCUT2D eigenvalue weighted by Gasteiger charge is -2.00. The van der Waals surface area contributed by atoms with Crippen molar-refractivity contribution in [3.8, 4) is 11.4 Å². The minimum Gasteiger partial charge on any atom is -0.291 e. The highest BCUT2D eigenvalue weighted by Crippen LogP contribution is 2.18. The number of thioether (sulfide) groups is 1. The first kappa shape index (κ1) is 15.4. The molecule has 3 rings (SSSR count). The third kappa shape index (κ3) is 4.05. The Morgan fingerprint density at radius 3 is 2.74 bits per heavy atom. The van der Waals surface area contributed by atoms with E-state index in [1.807, 2.05) is 30.3 Å². The van der Waals surface area contributed by atoms with Crippen molar-refractivity contribution in [1.29, 1.82) is 0 Å². The largest absolute Gasteiger partial charge is 0.291 e. The van der Waals surface area contributed by atoms with Gasteiger partial charge in [0.05, 0.1) is 10.6 Å². The Bertz CT molecular complexity index is 800. The Balaban J connectivity index is 1.53. The summed E-state index contributed by atoms with van der Waals surface area (Å²) in [4.78, 5) is 28.4. The van der Waals surface area contributed by atoms with Crippen LogP contribution in [0.25, 0.3) is 11.4 Å². The highest BCUT2D eigenvalue weighted by Gasteiger charge is 2.13. The molecule has 3 aromatic rings. The molecule has 2 N–H and O–H groups in total. The molecular formula is C15H12N4O2S2. The van der Waals surface area contributed by atoms with Gasteiger partial charge in [-0.15, -0.1) is 16.4 Å². The van der Waals surface area contributed by atoms with Crippen molar-refractivity contribution in [3.05, 3.63) is 52.7 Å². The SMILES string of the molecule is O=C(CSc1n[nH]c(-c2ccccc2)n1)NC(=O)c1cccs1. The zero-order valence-electron chi connectivity index (χ0n) is 11.9. The lowest BCUT2D eigenvalue weighted by Crippen LogP contribution is -2.31. The first-order valence-electron chi connectivity index (χ1n) is 6.70. The van der Waals surface area contributed by atoms with Crippen molar-refractivity contribution in [2.75, 3.05) is 5.75 Å². The molecule has 23 heavy (non-hydrogen) atoms. The molecular weight excluding hydrogens is 332 g/mol. The molecule has 0 unspecified atom stereocenters. The quantitative estimate of drug-likeness (QED) is 0.695. The smallest absolute Gasteiger partial charge is 0.267 e. The summed E-state index contributed by atoms with van der Waals surface area (Å²) in [6.45, 7) is 0. The number of aromatic amines is 1. The van der Waals surface area contributed by atoms with E-state index in [1.165, 1.54) is 23.1 Å². The standard InChI is InChI=1S/C15H12N4O2S2/c20-12(16-14(21)11-7-4-8-22-11)9-23-15-17-13(18-19-15)10-5-2-1-3-6-10/h1-8H,9H2,(H,16,20,21)(H,17,18,19). The van der Waals surface area contributed by atoms with Gasteiger partial charge in [-0.3, -0.25) is 20.0 Å². The van der Waals surface area contributed by atoms with Crippen LogP contribution in [0.2, 0.25) is 0 Å². The summed E-state index contributed by atoms with van der Waals surface area (Å²) in [5.41, 5.74) is 0.921. The van der Waals surface area contributed by atoms with Crippen LogP contribution in [0, 0.1) is 0 Å².